The van der Waals surface area contributed by atoms with E-state index in [1.165, 1.54) is 161 Å². The van der Waals surface area contributed by atoms with Crippen molar-refractivity contribution >= 4 is 13.8 Å². The van der Waals surface area contributed by atoms with Gasteiger partial charge in [0, 0.05) is 13.0 Å². The maximum Gasteiger partial charge on any atom is 0.472 e. The number of phosphoric acid groups is 1. The maximum atomic E-state index is 12.8. The van der Waals surface area contributed by atoms with E-state index in [9.17, 15) is 14.3 Å². The van der Waals surface area contributed by atoms with Crippen LogP contribution in [0.15, 0.2) is 60.8 Å². The number of allylic oxidation sites excluding steroid dienone is 10. The number of rotatable bonds is 52. The SMILES string of the molecule is CCCCC/C=C\C/C=C\C/C=C\CCCCCCCCC(=O)OC(COCCCCCCCCCCCCCCCC/C=C\C/C=C\CCCCCCC)COP(=O)(O)OCC[N+](C)(C)C. The lowest BCUT2D eigenvalue weighted by Gasteiger charge is -2.24. The second kappa shape index (κ2) is 50.6. The molecule has 0 saturated heterocycles. The molecule has 0 aliphatic rings. The highest BCUT2D eigenvalue weighted by atomic mass is 31.2. The monoisotopic (exact) mass is 963 g/mol. The minimum atomic E-state index is -4.29. The Labute approximate surface area is 415 Å². The van der Waals surface area contributed by atoms with Crippen molar-refractivity contribution in [2.45, 2.75) is 251 Å². The van der Waals surface area contributed by atoms with Crippen molar-refractivity contribution in [3.05, 3.63) is 60.8 Å². The first kappa shape index (κ1) is 65.2. The number of hydrogen-bond acceptors (Lipinski definition) is 6. The van der Waals surface area contributed by atoms with Gasteiger partial charge >= 0.3 is 13.8 Å². The average Bonchev–Trinajstić information content (AvgIpc) is 3.29. The second-order valence-corrected chi connectivity index (χ2v) is 21.4. The van der Waals surface area contributed by atoms with E-state index in [0.717, 1.165) is 64.2 Å². The fourth-order valence-corrected chi connectivity index (χ4v) is 8.45. The fourth-order valence-electron chi connectivity index (χ4n) is 7.71. The zero-order valence-electron chi connectivity index (χ0n) is 44.6. The fraction of sp³-hybridized carbons (Fsp3) is 0.810. The van der Waals surface area contributed by atoms with Gasteiger partial charge in [-0.05, 0) is 83.5 Å². The molecule has 2 atom stereocenters. The molecule has 0 aromatic heterocycles. The number of esters is 1. The molecule has 8 nitrogen and oxygen atoms in total. The largest absolute Gasteiger partial charge is 0.472 e. The molecule has 67 heavy (non-hydrogen) atoms. The van der Waals surface area contributed by atoms with Crippen LogP contribution < -0.4 is 0 Å². The molecule has 0 fully saturated rings. The first-order valence-electron chi connectivity index (χ1n) is 28.0. The number of likely N-dealkylation sites (N-methyl/N-ethyl adjacent to an activating group) is 1. The third-order valence-electron chi connectivity index (χ3n) is 12.1. The topological polar surface area (TPSA) is 91.3 Å². The van der Waals surface area contributed by atoms with E-state index in [1.807, 2.05) is 21.1 Å². The van der Waals surface area contributed by atoms with Crippen LogP contribution in [0.5, 0.6) is 0 Å². The van der Waals surface area contributed by atoms with Crippen molar-refractivity contribution in [2.24, 2.45) is 0 Å². The Morgan fingerprint density at radius 2 is 0.821 bits per heavy atom. The van der Waals surface area contributed by atoms with Crippen molar-refractivity contribution in [3.8, 4) is 0 Å². The Bertz CT molecular complexity index is 1260. The number of carbonyl (C=O) groups is 1. The second-order valence-electron chi connectivity index (χ2n) is 20.0. The van der Waals surface area contributed by atoms with Gasteiger partial charge in [-0.3, -0.25) is 13.8 Å². The number of hydrogen-bond donors (Lipinski definition) is 1. The van der Waals surface area contributed by atoms with E-state index in [2.05, 4.69) is 74.6 Å². The summed E-state index contributed by atoms with van der Waals surface area (Å²) in [6.07, 6.45) is 65.6. The lowest BCUT2D eigenvalue weighted by atomic mass is 10.0. The molecule has 0 rings (SSSR count). The third kappa shape index (κ3) is 55.0. The Hall–Kier alpha value is -1.80. The maximum absolute atomic E-state index is 12.8. The molecule has 0 aliphatic heterocycles. The Kier molecular flexibility index (Phi) is 49.2. The number of unbranched alkanes of at least 4 members (excludes halogenated alkanes) is 28. The lowest BCUT2D eigenvalue weighted by Crippen LogP contribution is -2.37. The van der Waals surface area contributed by atoms with Crippen LogP contribution in [-0.2, 0) is 27.9 Å². The summed E-state index contributed by atoms with van der Waals surface area (Å²) in [4.78, 5) is 23.0. The number of ether oxygens (including phenoxy) is 2. The van der Waals surface area contributed by atoms with Gasteiger partial charge in [-0.1, -0.05) is 216 Å². The molecule has 2 unspecified atom stereocenters. The summed E-state index contributed by atoms with van der Waals surface area (Å²) in [5.41, 5.74) is 0. The van der Waals surface area contributed by atoms with Crippen molar-refractivity contribution in [1.82, 2.24) is 0 Å². The molecule has 0 aromatic carbocycles. The summed E-state index contributed by atoms with van der Waals surface area (Å²) in [5, 5.41) is 0. The van der Waals surface area contributed by atoms with Crippen molar-refractivity contribution in [1.29, 1.82) is 0 Å². The van der Waals surface area contributed by atoms with E-state index in [0.29, 0.717) is 24.1 Å². The number of nitrogens with zero attached hydrogens (tertiary/aromatic N) is 1. The van der Waals surface area contributed by atoms with Crippen molar-refractivity contribution < 1.29 is 37.3 Å². The van der Waals surface area contributed by atoms with Gasteiger partial charge in [0.25, 0.3) is 0 Å². The summed E-state index contributed by atoms with van der Waals surface area (Å²) in [6.45, 7) is 5.59. The Balaban J connectivity index is 4.09. The highest BCUT2D eigenvalue weighted by molar-refractivity contribution is 7.47. The van der Waals surface area contributed by atoms with Crippen molar-refractivity contribution in [3.63, 3.8) is 0 Å². The minimum absolute atomic E-state index is 0.0842. The smallest absolute Gasteiger partial charge is 0.457 e. The quantitative estimate of drug-likeness (QED) is 0.0213. The van der Waals surface area contributed by atoms with Crippen LogP contribution in [0.2, 0.25) is 0 Å². The molecule has 0 spiro atoms. The molecule has 0 aliphatic carbocycles. The molecular formula is C58H109NO7P+. The first-order valence-corrected chi connectivity index (χ1v) is 29.5. The molecule has 1 N–H and O–H groups in total. The normalized spacial score (nSPS) is 13.9. The summed E-state index contributed by atoms with van der Waals surface area (Å²) in [7, 11) is 1.66. The van der Waals surface area contributed by atoms with Gasteiger partial charge in [0.2, 0.25) is 0 Å². The standard InChI is InChI=1S/C58H108NO7P/c1-6-8-10-12-14-16-18-20-22-24-26-27-28-29-30-31-32-34-36-38-40-42-44-46-48-50-53-63-55-57(56-65-67(61,62)64-54-52-59(3,4)5)66-58(60)51-49-47-45-43-41-39-37-35-33-25-23-21-19-17-15-13-11-9-7-2/h15,17-18,20-21,23-24,26,33,35,57H,6-14,16,19,22,25,27-32,34,36-56H2,1-5H3/p+1/b17-15-,20-18-,23-21-,26-24-,35-33-. The van der Waals surface area contributed by atoms with Crippen molar-refractivity contribution in [2.75, 3.05) is 54.1 Å². The van der Waals surface area contributed by atoms with E-state index in [-0.39, 0.29) is 25.8 Å². The summed E-state index contributed by atoms with van der Waals surface area (Å²) >= 11 is 0. The first-order chi connectivity index (χ1) is 32.6. The highest BCUT2D eigenvalue weighted by Gasteiger charge is 2.26. The molecular weight excluding hydrogens is 854 g/mol. The van der Waals surface area contributed by atoms with Gasteiger partial charge in [-0.2, -0.15) is 0 Å². The van der Waals surface area contributed by atoms with Gasteiger partial charge in [0.1, 0.15) is 19.3 Å². The van der Waals surface area contributed by atoms with Gasteiger partial charge in [0.05, 0.1) is 34.4 Å². The molecule has 0 saturated carbocycles. The highest BCUT2D eigenvalue weighted by Crippen LogP contribution is 2.43. The molecule has 0 bridgehead atoms. The molecule has 0 radical (unpaired) electrons. The summed E-state index contributed by atoms with van der Waals surface area (Å²) < 4.78 is 35.2. The predicted molar refractivity (Wildman–Crippen MR) is 289 cm³/mol. The third-order valence-corrected chi connectivity index (χ3v) is 13.0. The van der Waals surface area contributed by atoms with Gasteiger partial charge < -0.3 is 18.9 Å². The molecule has 0 heterocycles. The van der Waals surface area contributed by atoms with Crippen LogP contribution >= 0.6 is 7.82 Å². The van der Waals surface area contributed by atoms with Gasteiger partial charge in [0.15, 0.2) is 0 Å². The Morgan fingerprint density at radius 1 is 0.463 bits per heavy atom. The van der Waals surface area contributed by atoms with Crippen LogP contribution in [0.25, 0.3) is 0 Å². The van der Waals surface area contributed by atoms with E-state index in [4.69, 9.17) is 18.5 Å². The van der Waals surface area contributed by atoms with Gasteiger partial charge in [-0.25, -0.2) is 4.57 Å². The number of carbonyl (C=O) groups excluding carboxylic acids is 1. The zero-order chi connectivity index (χ0) is 49.0. The molecule has 0 aromatic rings. The molecule has 0 amide bonds. The van der Waals surface area contributed by atoms with Gasteiger partial charge in [-0.15, -0.1) is 0 Å². The van der Waals surface area contributed by atoms with Crippen LogP contribution in [-0.4, -0.2) is 75.6 Å². The number of quaternary nitrogens is 1. The van der Waals surface area contributed by atoms with E-state index >= 15 is 0 Å². The molecule has 392 valence electrons. The van der Waals surface area contributed by atoms with Crippen LogP contribution in [0, 0.1) is 0 Å². The summed E-state index contributed by atoms with van der Waals surface area (Å²) in [5.74, 6) is -0.325. The zero-order valence-corrected chi connectivity index (χ0v) is 45.5. The number of phosphoric ester groups is 1. The summed E-state index contributed by atoms with van der Waals surface area (Å²) in [6, 6.07) is 0. The predicted octanol–water partition coefficient (Wildman–Crippen LogP) is 17.6. The van der Waals surface area contributed by atoms with Crippen LogP contribution in [0.3, 0.4) is 0 Å². The average molecular weight is 963 g/mol. The van der Waals surface area contributed by atoms with E-state index < -0.39 is 13.9 Å². The Morgan fingerprint density at radius 3 is 1.25 bits per heavy atom. The van der Waals surface area contributed by atoms with Crippen LogP contribution in [0.4, 0.5) is 0 Å². The minimum Gasteiger partial charge on any atom is -0.457 e. The van der Waals surface area contributed by atoms with E-state index in [1.54, 1.807) is 0 Å². The van der Waals surface area contributed by atoms with Crippen LogP contribution in [0.1, 0.15) is 245 Å². The molecule has 9 heteroatoms. The lowest BCUT2D eigenvalue weighted by molar-refractivity contribution is -0.870.